The van der Waals surface area contributed by atoms with Gasteiger partial charge in [0.1, 0.15) is 0 Å². The van der Waals surface area contributed by atoms with Gasteiger partial charge in [0.2, 0.25) is 0 Å². The van der Waals surface area contributed by atoms with E-state index in [4.69, 9.17) is 5.11 Å². The molecule has 0 aliphatic rings. The average molecular weight is 221 g/mol. The van der Waals surface area contributed by atoms with Crippen LogP contribution in [0, 0.1) is 0 Å². The molecule has 0 spiro atoms. The van der Waals surface area contributed by atoms with Gasteiger partial charge < -0.3 is 10.4 Å². The average Bonchev–Trinajstić information content (AvgIpc) is 2.30. The number of nitrogens with one attached hydrogen (secondary N) is 1. The van der Waals surface area contributed by atoms with E-state index in [1.54, 1.807) is 0 Å². The number of hydrogen-bond acceptors (Lipinski definition) is 2. The second-order valence-corrected chi connectivity index (χ2v) is 4.37. The predicted molar refractivity (Wildman–Crippen MR) is 68.5 cm³/mol. The zero-order valence-electron chi connectivity index (χ0n) is 10.3. The van der Waals surface area contributed by atoms with Gasteiger partial charge >= 0.3 is 0 Å². The molecule has 1 aromatic carbocycles. The van der Waals surface area contributed by atoms with Crippen molar-refractivity contribution in [1.82, 2.24) is 5.32 Å². The molecule has 1 aromatic rings. The minimum atomic E-state index is 0.260. The highest BCUT2D eigenvalue weighted by molar-refractivity contribution is 5.15. The van der Waals surface area contributed by atoms with E-state index < -0.39 is 0 Å². The van der Waals surface area contributed by atoms with Crippen LogP contribution < -0.4 is 5.32 Å². The molecule has 0 aromatic heterocycles. The highest BCUT2D eigenvalue weighted by Crippen LogP contribution is 2.07. The topological polar surface area (TPSA) is 32.3 Å². The summed E-state index contributed by atoms with van der Waals surface area (Å²) in [5.74, 6) is 0. The molecule has 0 saturated carbocycles. The Morgan fingerprint density at radius 3 is 2.50 bits per heavy atom. The molecule has 0 aliphatic carbocycles. The van der Waals surface area contributed by atoms with Crippen LogP contribution in [0.1, 0.15) is 32.3 Å². The van der Waals surface area contributed by atoms with Crippen LogP contribution in [0.25, 0.3) is 0 Å². The Balaban J connectivity index is 2.43. The Labute approximate surface area is 98.7 Å². The molecule has 0 heterocycles. The molecule has 0 saturated heterocycles. The molecule has 0 aliphatic heterocycles. The molecule has 16 heavy (non-hydrogen) atoms. The molecule has 2 heteroatoms. The van der Waals surface area contributed by atoms with E-state index in [9.17, 15) is 0 Å². The van der Waals surface area contributed by atoms with Crippen molar-refractivity contribution in [2.75, 3.05) is 6.61 Å². The van der Waals surface area contributed by atoms with Gasteiger partial charge in [-0.3, -0.25) is 0 Å². The quantitative estimate of drug-likeness (QED) is 0.741. The maximum atomic E-state index is 8.87. The van der Waals surface area contributed by atoms with E-state index >= 15 is 0 Å². The van der Waals surface area contributed by atoms with E-state index in [1.165, 1.54) is 5.56 Å². The lowest BCUT2D eigenvalue weighted by Gasteiger charge is -2.22. The first-order valence-electron chi connectivity index (χ1n) is 6.17. The molecular formula is C14H23NO. The molecule has 0 bridgehead atoms. The lowest BCUT2D eigenvalue weighted by atomic mass is 10.0. The Hall–Kier alpha value is -0.860. The van der Waals surface area contributed by atoms with Gasteiger partial charge in [-0.15, -0.1) is 0 Å². The summed E-state index contributed by atoms with van der Waals surface area (Å²) in [5, 5.41) is 12.4. The van der Waals surface area contributed by atoms with Crippen LogP contribution in [0.3, 0.4) is 0 Å². The Morgan fingerprint density at radius 1 is 1.25 bits per heavy atom. The van der Waals surface area contributed by atoms with Crippen LogP contribution in [0.5, 0.6) is 0 Å². The first-order valence-corrected chi connectivity index (χ1v) is 6.17. The van der Waals surface area contributed by atoms with Crippen LogP contribution in [0.15, 0.2) is 30.3 Å². The molecule has 0 amide bonds. The molecule has 1 unspecified atom stereocenters. The van der Waals surface area contributed by atoms with Gasteiger partial charge in [-0.1, -0.05) is 37.3 Å². The van der Waals surface area contributed by atoms with Crippen LogP contribution in [-0.4, -0.2) is 23.8 Å². The van der Waals surface area contributed by atoms with Gasteiger partial charge in [-0.05, 0) is 31.7 Å². The fourth-order valence-electron chi connectivity index (χ4n) is 1.90. The number of aliphatic hydroxyl groups is 1. The standard InChI is InChI=1S/C14H23NO/c1-3-14(15-12(2)9-10-16)11-13-7-5-4-6-8-13/h4-8,12,14-16H,3,9-11H2,1-2H3/t12-,14?/m1/s1. The number of rotatable bonds is 7. The smallest absolute Gasteiger partial charge is 0.0445 e. The normalized spacial score (nSPS) is 14.7. The van der Waals surface area contributed by atoms with Crippen molar-refractivity contribution in [3.63, 3.8) is 0 Å². The van der Waals surface area contributed by atoms with Crippen molar-refractivity contribution in [1.29, 1.82) is 0 Å². The highest BCUT2D eigenvalue weighted by Gasteiger charge is 2.10. The van der Waals surface area contributed by atoms with Crippen molar-refractivity contribution in [3.05, 3.63) is 35.9 Å². The maximum Gasteiger partial charge on any atom is 0.0445 e. The molecule has 90 valence electrons. The van der Waals surface area contributed by atoms with Crippen LogP contribution in [0.2, 0.25) is 0 Å². The lowest BCUT2D eigenvalue weighted by Crippen LogP contribution is -2.38. The second-order valence-electron chi connectivity index (χ2n) is 4.37. The van der Waals surface area contributed by atoms with Gasteiger partial charge in [0.25, 0.3) is 0 Å². The zero-order valence-corrected chi connectivity index (χ0v) is 10.3. The first kappa shape index (κ1) is 13.2. The SMILES string of the molecule is CCC(Cc1ccccc1)N[C@H](C)CCO. The Bertz CT molecular complexity index is 273. The summed E-state index contributed by atoms with van der Waals surface area (Å²) < 4.78 is 0. The van der Waals surface area contributed by atoms with Crippen molar-refractivity contribution in [3.8, 4) is 0 Å². The summed E-state index contributed by atoms with van der Waals surface area (Å²) >= 11 is 0. The third-order valence-electron chi connectivity index (χ3n) is 2.90. The van der Waals surface area contributed by atoms with E-state index in [2.05, 4.69) is 43.4 Å². The Kier molecular flexibility index (Phi) is 6.12. The van der Waals surface area contributed by atoms with Crippen molar-refractivity contribution >= 4 is 0 Å². The van der Waals surface area contributed by atoms with Gasteiger partial charge in [0.05, 0.1) is 0 Å². The number of benzene rings is 1. The molecule has 2 N–H and O–H groups in total. The van der Waals surface area contributed by atoms with Crippen molar-refractivity contribution < 1.29 is 5.11 Å². The van der Waals surface area contributed by atoms with Crippen LogP contribution in [-0.2, 0) is 6.42 Å². The number of aliphatic hydroxyl groups excluding tert-OH is 1. The zero-order chi connectivity index (χ0) is 11.8. The second kappa shape index (κ2) is 7.42. The summed E-state index contributed by atoms with van der Waals surface area (Å²) in [7, 11) is 0. The predicted octanol–water partition coefficient (Wildman–Crippen LogP) is 2.37. The van der Waals surface area contributed by atoms with Gasteiger partial charge in [-0.25, -0.2) is 0 Å². The van der Waals surface area contributed by atoms with E-state index in [1.807, 2.05) is 6.07 Å². The van der Waals surface area contributed by atoms with Crippen molar-refractivity contribution in [2.24, 2.45) is 0 Å². The van der Waals surface area contributed by atoms with Crippen molar-refractivity contribution in [2.45, 2.75) is 45.2 Å². The highest BCUT2D eigenvalue weighted by atomic mass is 16.3. The monoisotopic (exact) mass is 221 g/mol. The van der Waals surface area contributed by atoms with Gasteiger partial charge in [-0.2, -0.15) is 0 Å². The van der Waals surface area contributed by atoms with E-state index in [0.717, 1.165) is 19.3 Å². The van der Waals surface area contributed by atoms with Crippen LogP contribution >= 0.6 is 0 Å². The molecular weight excluding hydrogens is 198 g/mol. The minimum absolute atomic E-state index is 0.260. The Morgan fingerprint density at radius 2 is 1.94 bits per heavy atom. The third-order valence-corrected chi connectivity index (χ3v) is 2.90. The maximum absolute atomic E-state index is 8.87. The summed E-state index contributed by atoms with van der Waals surface area (Å²) in [6, 6.07) is 11.4. The third kappa shape index (κ3) is 4.77. The summed E-state index contributed by atoms with van der Waals surface area (Å²) in [5.41, 5.74) is 1.37. The summed E-state index contributed by atoms with van der Waals surface area (Å²) in [4.78, 5) is 0. The summed E-state index contributed by atoms with van der Waals surface area (Å²) in [6.45, 7) is 4.59. The van der Waals surface area contributed by atoms with Gasteiger partial charge in [0, 0.05) is 18.7 Å². The lowest BCUT2D eigenvalue weighted by molar-refractivity contribution is 0.262. The molecule has 0 fully saturated rings. The molecule has 1 rings (SSSR count). The first-order chi connectivity index (χ1) is 7.76. The summed E-state index contributed by atoms with van der Waals surface area (Å²) in [6.07, 6.45) is 3.00. The van der Waals surface area contributed by atoms with Gasteiger partial charge in [0.15, 0.2) is 0 Å². The minimum Gasteiger partial charge on any atom is -0.396 e. The number of hydrogen-bond donors (Lipinski definition) is 2. The molecule has 2 nitrogen and oxygen atoms in total. The fraction of sp³-hybridized carbons (Fsp3) is 0.571. The fourth-order valence-corrected chi connectivity index (χ4v) is 1.90. The molecule has 0 radical (unpaired) electrons. The largest absolute Gasteiger partial charge is 0.396 e. The van der Waals surface area contributed by atoms with Crippen LogP contribution in [0.4, 0.5) is 0 Å². The van der Waals surface area contributed by atoms with E-state index in [-0.39, 0.29) is 6.61 Å². The molecule has 2 atom stereocenters. The van der Waals surface area contributed by atoms with E-state index in [0.29, 0.717) is 12.1 Å².